The Morgan fingerprint density at radius 2 is 1.52 bits per heavy atom. The lowest BCUT2D eigenvalue weighted by atomic mass is 10.2. The number of aromatic hydroxyl groups is 1. The number of ether oxygens (including phenoxy) is 2. The van der Waals surface area contributed by atoms with Crippen molar-refractivity contribution in [1.29, 1.82) is 0 Å². The summed E-state index contributed by atoms with van der Waals surface area (Å²) in [5, 5.41) is 38.9. The number of rotatable bonds is 5. The molecule has 2 aromatic carbocycles. The van der Waals surface area contributed by atoms with Crippen molar-refractivity contribution in [2.24, 2.45) is 0 Å². The monoisotopic (exact) mass is 436 g/mol. The summed E-state index contributed by atoms with van der Waals surface area (Å²) in [6.45, 7) is 10.1. The van der Waals surface area contributed by atoms with Gasteiger partial charge in [0.25, 0.3) is 11.4 Å². The first-order chi connectivity index (χ1) is 14.2. The van der Waals surface area contributed by atoms with Crippen LogP contribution in [0.2, 0.25) is 0 Å². The highest BCUT2D eigenvalue weighted by atomic mass is 16.6. The molecule has 0 amide bonds. The molecule has 1 fully saturated rings. The highest BCUT2D eigenvalue weighted by Crippen LogP contribution is 2.23. The quantitative estimate of drug-likeness (QED) is 0.403. The van der Waals surface area contributed by atoms with Crippen LogP contribution in [0.5, 0.6) is 11.5 Å². The predicted octanol–water partition coefficient (Wildman–Crippen LogP) is 4.15. The van der Waals surface area contributed by atoms with Crippen LogP contribution in [0.3, 0.4) is 0 Å². The molecule has 3 rings (SSSR count). The molecule has 0 atom stereocenters. The van der Waals surface area contributed by atoms with Gasteiger partial charge in [0, 0.05) is 24.3 Å². The van der Waals surface area contributed by atoms with Gasteiger partial charge in [-0.15, -0.1) is 0 Å². The summed E-state index contributed by atoms with van der Waals surface area (Å²) < 4.78 is 10.1. The van der Waals surface area contributed by atoms with E-state index in [4.69, 9.17) is 14.6 Å². The molecule has 0 unspecified atom stereocenters. The third-order valence-corrected chi connectivity index (χ3v) is 3.75. The summed E-state index contributed by atoms with van der Waals surface area (Å²) in [4.78, 5) is 19.6. The van der Waals surface area contributed by atoms with E-state index in [9.17, 15) is 25.3 Å². The number of phenols is 1. The fourth-order valence-electron chi connectivity index (χ4n) is 1.82. The third kappa shape index (κ3) is 10.9. The molecule has 0 saturated carbocycles. The highest BCUT2D eigenvalue weighted by Gasteiger charge is 2.32. The van der Waals surface area contributed by atoms with E-state index >= 15 is 0 Å². The molecule has 0 radical (unpaired) electrons. The molecule has 0 bridgehead atoms. The largest absolute Gasteiger partial charge is 0.508 e. The molecular formula is C21H28N2O8. The second kappa shape index (κ2) is 10.7. The standard InChI is InChI=1S/C10H13NO4.C7H7NO3.C4H8O/c1-10(2,12)7-15-9-5-3-8(4-6-9)11(13)14;1-5-4-6(8(10)11)2-3-7(5)9;1-4(2)3-5-4/h3-6,12H,7H2,1-2H3;2-4,9H,1H3;3H2,1-2H3. The molecule has 10 nitrogen and oxygen atoms in total. The van der Waals surface area contributed by atoms with Gasteiger partial charge >= 0.3 is 0 Å². The van der Waals surface area contributed by atoms with Crippen LogP contribution in [0, 0.1) is 27.2 Å². The summed E-state index contributed by atoms with van der Waals surface area (Å²) in [6, 6.07) is 9.64. The van der Waals surface area contributed by atoms with Crippen molar-refractivity contribution in [3.05, 3.63) is 68.3 Å². The van der Waals surface area contributed by atoms with Crippen LogP contribution in [0.1, 0.15) is 33.3 Å². The number of aliphatic hydroxyl groups is 1. The Hall–Kier alpha value is -3.24. The fourth-order valence-corrected chi connectivity index (χ4v) is 1.82. The first-order valence-corrected chi connectivity index (χ1v) is 9.38. The molecule has 2 N–H and O–H groups in total. The van der Waals surface area contributed by atoms with Crippen molar-refractivity contribution in [3.63, 3.8) is 0 Å². The number of phenolic OH excluding ortho intramolecular Hbond substituents is 1. The summed E-state index contributed by atoms with van der Waals surface area (Å²) in [7, 11) is 0. The van der Waals surface area contributed by atoms with Crippen LogP contribution in [0.4, 0.5) is 11.4 Å². The topological polar surface area (TPSA) is 148 Å². The van der Waals surface area contributed by atoms with Gasteiger partial charge in [0.15, 0.2) is 0 Å². The van der Waals surface area contributed by atoms with Crippen molar-refractivity contribution in [1.82, 2.24) is 0 Å². The van der Waals surface area contributed by atoms with Crippen molar-refractivity contribution < 1.29 is 29.5 Å². The number of nitro benzene ring substituents is 2. The van der Waals surface area contributed by atoms with Crippen molar-refractivity contribution in [3.8, 4) is 11.5 Å². The van der Waals surface area contributed by atoms with Crippen molar-refractivity contribution in [2.45, 2.75) is 45.8 Å². The molecule has 1 aliphatic heterocycles. The molecule has 0 aromatic heterocycles. The molecule has 31 heavy (non-hydrogen) atoms. The highest BCUT2D eigenvalue weighted by molar-refractivity contribution is 5.42. The van der Waals surface area contributed by atoms with Gasteiger partial charge in [0.1, 0.15) is 18.1 Å². The second-order valence-electron chi connectivity index (χ2n) is 8.13. The number of non-ortho nitro benzene ring substituents is 2. The van der Waals surface area contributed by atoms with E-state index in [0.29, 0.717) is 11.3 Å². The first kappa shape index (κ1) is 25.8. The number of hydrogen-bond donors (Lipinski definition) is 2. The van der Waals surface area contributed by atoms with Gasteiger partial charge in [-0.05, 0) is 58.4 Å². The SMILES string of the molecule is CC(C)(O)COc1ccc([N+](=O)[O-])cc1.CC1(C)CO1.Cc1cc([N+](=O)[O-])ccc1O. The van der Waals surface area contributed by atoms with Gasteiger partial charge in [0.05, 0.1) is 27.7 Å². The van der Waals surface area contributed by atoms with E-state index in [-0.39, 0.29) is 29.3 Å². The number of nitrogens with zero attached hydrogens (tertiary/aromatic N) is 2. The molecule has 170 valence electrons. The summed E-state index contributed by atoms with van der Waals surface area (Å²) >= 11 is 0. The number of benzene rings is 2. The van der Waals surface area contributed by atoms with Crippen LogP contribution < -0.4 is 4.74 Å². The minimum atomic E-state index is -0.915. The summed E-state index contributed by atoms with van der Waals surface area (Å²) in [6.07, 6.45) is 0. The van der Waals surface area contributed by atoms with E-state index in [2.05, 4.69) is 13.8 Å². The summed E-state index contributed by atoms with van der Waals surface area (Å²) in [5.41, 5.74) is -0.132. The van der Waals surface area contributed by atoms with Crippen LogP contribution in [0.15, 0.2) is 42.5 Å². The van der Waals surface area contributed by atoms with Gasteiger partial charge in [-0.3, -0.25) is 20.2 Å². The van der Waals surface area contributed by atoms with Crippen LogP contribution >= 0.6 is 0 Å². The molecule has 2 aromatic rings. The smallest absolute Gasteiger partial charge is 0.269 e. The Morgan fingerprint density at radius 3 is 1.87 bits per heavy atom. The zero-order valence-electron chi connectivity index (χ0n) is 18.2. The Morgan fingerprint density at radius 1 is 1.06 bits per heavy atom. The van der Waals surface area contributed by atoms with E-state index in [1.807, 2.05) is 0 Å². The maximum Gasteiger partial charge on any atom is 0.269 e. The summed E-state index contributed by atoms with van der Waals surface area (Å²) in [5.74, 6) is 0.582. The Kier molecular flexibility index (Phi) is 8.89. The van der Waals surface area contributed by atoms with E-state index in [1.54, 1.807) is 20.8 Å². The number of aryl methyl sites for hydroxylation is 1. The molecule has 1 saturated heterocycles. The Labute approximate surface area is 180 Å². The van der Waals surface area contributed by atoms with Gasteiger partial charge in [-0.2, -0.15) is 0 Å². The molecule has 10 heteroatoms. The molecule has 1 aliphatic rings. The van der Waals surface area contributed by atoms with Crippen LogP contribution in [-0.4, -0.2) is 44.5 Å². The number of nitro groups is 2. The predicted molar refractivity (Wildman–Crippen MR) is 114 cm³/mol. The number of hydrogen-bond acceptors (Lipinski definition) is 8. The normalized spacial score (nSPS) is 13.6. The Bertz CT molecular complexity index is 883. The third-order valence-electron chi connectivity index (χ3n) is 3.75. The van der Waals surface area contributed by atoms with E-state index in [0.717, 1.165) is 6.61 Å². The van der Waals surface area contributed by atoms with Gasteiger partial charge in [0.2, 0.25) is 0 Å². The maximum absolute atomic E-state index is 10.4. The molecule has 0 spiro atoms. The molecular weight excluding hydrogens is 408 g/mol. The lowest BCUT2D eigenvalue weighted by molar-refractivity contribution is -0.385. The average Bonchev–Trinajstić information content (AvgIpc) is 3.37. The van der Waals surface area contributed by atoms with Gasteiger partial charge in [-0.25, -0.2) is 0 Å². The number of epoxide rings is 1. The van der Waals surface area contributed by atoms with Crippen molar-refractivity contribution >= 4 is 11.4 Å². The maximum atomic E-state index is 10.4. The van der Waals surface area contributed by atoms with E-state index < -0.39 is 15.4 Å². The zero-order chi connectivity index (χ0) is 23.8. The van der Waals surface area contributed by atoms with Crippen molar-refractivity contribution in [2.75, 3.05) is 13.2 Å². The zero-order valence-corrected chi connectivity index (χ0v) is 18.2. The van der Waals surface area contributed by atoms with Gasteiger partial charge < -0.3 is 19.7 Å². The molecule has 1 heterocycles. The first-order valence-electron chi connectivity index (χ1n) is 9.38. The Balaban J connectivity index is 0.000000260. The van der Waals surface area contributed by atoms with E-state index in [1.165, 1.54) is 42.5 Å². The fraction of sp³-hybridized carbons (Fsp3) is 0.429. The lowest BCUT2D eigenvalue weighted by Gasteiger charge is -2.17. The average molecular weight is 436 g/mol. The van der Waals surface area contributed by atoms with Crippen LogP contribution in [-0.2, 0) is 4.74 Å². The van der Waals surface area contributed by atoms with Crippen LogP contribution in [0.25, 0.3) is 0 Å². The minimum absolute atomic E-state index is 0.000278. The second-order valence-corrected chi connectivity index (χ2v) is 8.13. The lowest BCUT2D eigenvalue weighted by Crippen LogP contribution is -2.27. The van der Waals surface area contributed by atoms with Gasteiger partial charge in [-0.1, -0.05) is 0 Å². The molecule has 0 aliphatic carbocycles. The minimum Gasteiger partial charge on any atom is -0.508 e.